The predicted octanol–water partition coefficient (Wildman–Crippen LogP) is 2.69. The van der Waals surface area contributed by atoms with Gasteiger partial charge in [0.05, 0.1) is 16.4 Å². The van der Waals surface area contributed by atoms with Crippen molar-refractivity contribution >= 4 is 11.6 Å². The van der Waals surface area contributed by atoms with Crippen LogP contribution in [0.1, 0.15) is 38.6 Å². The van der Waals surface area contributed by atoms with Gasteiger partial charge in [-0.1, -0.05) is 25.4 Å². The van der Waals surface area contributed by atoms with E-state index in [2.05, 4.69) is 18.9 Å². The van der Waals surface area contributed by atoms with Crippen LogP contribution in [0.25, 0.3) is 0 Å². The summed E-state index contributed by atoms with van der Waals surface area (Å²) in [5.41, 5.74) is 8.01. The molecule has 0 radical (unpaired) electrons. The molecule has 0 bridgehead atoms. The summed E-state index contributed by atoms with van der Waals surface area (Å²) in [5, 5.41) is 5.12. The average molecular weight is 244 g/mol. The van der Waals surface area contributed by atoms with E-state index in [0.717, 1.165) is 29.3 Å². The van der Waals surface area contributed by atoms with E-state index in [1.807, 2.05) is 25.6 Å². The number of aryl methyl sites for hydroxylation is 2. The Bertz CT molecular complexity index is 367. The molecule has 4 heteroatoms. The zero-order valence-electron chi connectivity index (χ0n) is 10.8. The Morgan fingerprint density at radius 2 is 2.06 bits per heavy atom. The quantitative estimate of drug-likeness (QED) is 0.884. The van der Waals surface area contributed by atoms with Crippen LogP contribution in [0.4, 0.5) is 0 Å². The third kappa shape index (κ3) is 3.22. The van der Waals surface area contributed by atoms with Gasteiger partial charge in [-0.25, -0.2) is 0 Å². The van der Waals surface area contributed by atoms with Crippen molar-refractivity contribution < 1.29 is 0 Å². The molecule has 1 unspecified atom stereocenters. The van der Waals surface area contributed by atoms with Crippen molar-refractivity contribution in [3.63, 3.8) is 0 Å². The van der Waals surface area contributed by atoms with Gasteiger partial charge in [0, 0.05) is 13.1 Å². The maximum Gasteiger partial charge on any atom is 0.0847 e. The summed E-state index contributed by atoms with van der Waals surface area (Å²) in [7, 11) is 1.94. The molecule has 0 aliphatic rings. The Hall–Kier alpha value is -0.540. The molecule has 0 aromatic carbocycles. The molecule has 1 rings (SSSR count). The number of nitrogens with two attached hydrogens (primary N) is 1. The van der Waals surface area contributed by atoms with Crippen LogP contribution < -0.4 is 5.73 Å². The Kier molecular flexibility index (Phi) is 4.02. The second kappa shape index (κ2) is 4.76. The Labute approximate surface area is 103 Å². The molecule has 2 N–H and O–H groups in total. The normalized spacial score (nSPS) is 14.2. The number of nitrogens with zero attached hydrogens (tertiary/aromatic N) is 2. The van der Waals surface area contributed by atoms with Crippen molar-refractivity contribution in [1.29, 1.82) is 0 Å². The molecule has 1 heterocycles. The number of hydrogen-bond donors (Lipinski definition) is 1. The first-order valence-electron chi connectivity index (χ1n) is 5.66. The summed E-state index contributed by atoms with van der Waals surface area (Å²) in [6, 6.07) is 0.211. The van der Waals surface area contributed by atoms with E-state index >= 15 is 0 Å². The molecule has 0 spiro atoms. The van der Waals surface area contributed by atoms with Crippen molar-refractivity contribution in [1.82, 2.24) is 9.78 Å². The van der Waals surface area contributed by atoms with Gasteiger partial charge in [-0.2, -0.15) is 5.10 Å². The van der Waals surface area contributed by atoms with E-state index in [9.17, 15) is 0 Å². The predicted molar refractivity (Wildman–Crippen MR) is 68.7 cm³/mol. The third-order valence-corrected chi connectivity index (χ3v) is 3.27. The lowest BCUT2D eigenvalue weighted by Crippen LogP contribution is -2.27. The van der Waals surface area contributed by atoms with Crippen LogP contribution >= 0.6 is 11.6 Å². The Morgan fingerprint density at radius 1 is 1.50 bits per heavy atom. The zero-order chi connectivity index (χ0) is 12.5. The second-order valence-corrected chi connectivity index (χ2v) is 5.87. The molecule has 1 aromatic rings. The van der Waals surface area contributed by atoms with Crippen LogP contribution in [0, 0.1) is 12.3 Å². The highest BCUT2D eigenvalue weighted by Crippen LogP contribution is 2.31. The summed E-state index contributed by atoms with van der Waals surface area (Å²) in [6.07, 6.45) is 1.89. The zero-order valence-corrected chi connectivity index (χ0v) is 11.6. The van der Waals surface area contributed by atoms with Gasteiger partial charge in [-0.05, 0) is 32.1 Å². The van der Waals surface area contributed by atoms with Gasteiger partial charge in [0.1, 0.15) is 0 Å². The molecule has 1 aromatic heterocycles. The SMILES string of the molecule is Cc1nn(C)c(CC(C)(C)CC(C)N)c1Cl. The topological polar surface area (TPSA) is 43.8 Å². The van der Waals surface area contributed by atoms with Gasteiger partial charge in [-0.3, -0.25) is 4.68 Å². The first kappa shape index (κ1) is 13.5. The summed E-state index contributed by atoms with van der Waals surface area (Å²) in [4.78, 5) is 0. The van der Waals surface area contributed by atoms with Gasteiger partial charge in [0.15, 0.2) is 0 Å². The van der Waals surface area contributed by atoms with Crippen molar-refractivity contribution in [2.45, 2.75) is 46.6 Å². The molecule has 0 aliphatic carbocycles. The molecule has 0 aliphatic heterocycles. The minimum Gasteiger partial charge on any atom is -0.328 e. The molecule has 1 atom stereocenters. The van der Waals surface area contributed by atoms with Crippen molar-refractivity contribution in [2.75, 3.05) is 0 Å². The highest BCUT2D eigenvalue weighted by atomic mass is 35.5. The van der Waals surface area contributed by atoms with Gasteiger partial charge >= 0.3 is 0 Å². The van der Waals surface area contributed by atoms with E-state index < -0.39 is 0 Å². The monoisotopic (exact) mass is 243 g/mol. The molecular formula is C12H22ClN3. The van der Waals surface area contributed by atoms with E-state index in [0.29, 0.717) is 0 Å². The fourth-order valence-electron chi connectivity index (χ4n) is 2.27. The van der Waals surface area contributed by atoms with E-state index in [4.69, 9.17) is 17.3 Å². The first-order chi connectivity index (χ1) is 7.23. The van der Waals surface area contributed by atoms with Crippen LogP contribution in [0.15, 0.2) is 0 Å². The molecule has 0 amide bonds. The van der Waals surface area contributed by atoms with Gasteiger partial charge in [0.2, 0.25) is 0 Å². The fourth-order valence-corrected chi connectivity index (χ4v) is 2.50. The Balaban J connectivity index is 2.87. The minimum atomic E-state index is 0.151. The number of halogens is 1. The number of rotatable bonds is 4. The van der Waals surface area contributed by atoms with Gasteiger partial charge in [-0.15, -0.1) is 0 Å². The van der Waals surface area contributed by atoms with E-state index in [1.165, 1.54) is 0 Å². The molecular weight excluding hydrogens is 222 g/mol. The summed E-state index contributed by atoms with van der Waals surface area (Å²) < 4.78 is 1.88. The smallest absolute Gasteiger partial charge is 0.0847 e. The van der Waals surface area contributed by atoms with Crippen molar-refractivity contribution in [3.05, 3.63) is 16.4 Å². The minimum absolute atomic E-state index is 0.151. The van der Waals surface area contributed by atoms with Crippen LogP contribution in [-0.2, 0) is 13.5 Å². The maximum atomic E-state index is 6.24. The third-order valence-electron chi connectivity index (χ3n) is 2.78. The lowest BCUT2D eigenvalue weighted by molar-refractivity contribution is 0.302. The maximum absolute atomic E-state index is 6.24. The summed E-state index contributed by atoms with van der Waals surface area (Å²) >= 11 is 6.24. The van der Waals surface area contributed by atoms with Crippen LogP contribution in [-0.4, -0.2) is 15.8 Å². The number of aromatic nitrogens is 2. The molecule has 92 valence electrons. The van der Waals surface area contributed by atoms with Gasteiger partial charge in [0.25, 0.3) is 0 Å². The standard InChI is InChI=1S/C12H22ClN3/c1-8(14)6-12(3,4)7-10-11(13)9(2)15-16(10)5/h8H,6-7,14H2,1-5H3. The van der Waals surface area contributed by atoms with E-state index in [-0.39, 0.29) is 11.5 Å². The van der Waals surface area contributed by atoms with Crippen LogP contribution in [0.5, 0.6) is 0 Å². The summed E-state index contributed by atoms with van der Waals surface area (Å²) in [6.45, 7) is 8.41. The fraction of sp³-hybridized carbons (Fsp3) is 0.750. The molecule has 16 heavy (non-hydrogen) atoms. The van der Waals surface area contributed by atoms with Crippen LogP contribution in [0.3, 0.4) is 0 Å². The summed E-state index contributed by atoms with van der Waals surface area (Å²) in [5.74, 6) is 0. The number of hydrogen-bond acceptors (Lipinski definition) is 2. The molecule has 0 saturated carbocycles. The highest BCUT2D eigenvalue weighted by Gasteiger charge is 2.24. The average Bonchev–Trinajstić information content (AvgIpc) is 2.29. The molecule has 0 fully saturated rings. The lowest BCUT2D eigenvalue weighted by Gasteiger charge is -2.26. The second-order valence-electron chi connectivity index (χ2n) is 5.49. The molecule has 3 nitrogen and oxygen atoms in total. The Morgan fingerprint density at radius 3 is 2.44 bits per heavy atom. The first-order valence-corrected chi connectivity index (χ1v) is 6.04. The van der Waals surface area contributed by atoms with E-state index in [1.54, 1.807) is 0 Å². The van der Waals surface area contributed by atoms with Crippen molar-refractivity contribution in [3.8, 4) is 0 Å². The van der Waals surface area contributed by atoms with Crippen molar-refractivity contribution in [2.24, 2.45) is 18.2 Å². The largest absolute Gasteiger partial charge is 0.328 e. The highest BCUT2D eigenvalue weighted by molar-refractivity contribution is 6.31. The molecule has 0 saturated heterocycles. The lowest BCUT2D eigenvalue weighted by atomic mass is 9.82. The van der Waals surface area contributed by atoms with Crippen LogP contribution in [0.2, 0.25) is 5.02 Å². The van der Waals surface area contributed by atoms with Gasteiger partial charge < -0.3 is 5.73 Å².